The number of rotatable bonds is 6. The largest absolute Gasteiger partial charge is 0.481 e. The molecular formula is C15H18N2O3S. The molecule has 1 aromatic heterocycles. The minimum Gasteiger partial charge on any atom is -0.481 e. The summed E-state index contributed by atoms with van der Waals surface area (Å²) < 4.78 is 1.21. The van der Waals surface area contributed by atoms with Gasteiger partial charge in [0.05, 0.1) is 0 Å². The van der Waals surface area contributed by atoms with Gasteiger partial charge in [-0.05, 0) is 28.8 Å². The molecule has 0 bridgehead atoms. The molecule has 5 nitrogen and oxygen atoms in total. The molecule has 112 valence electrons. The topological polar surface area (TPSA) is 69.6 Å². The van der Waals surface area contributed by atoms with Crippen LogP contribution in [0.3, 0.4) is 0 Å². The quantitative estimate of drug-likeness (QED) is 0.806. The van der Waals surface area contributed by atoms with Crippen molar-refractivity contribution in [3.05, 3.63) is 35.2 Å². The van der Waals surface area contributed by atoms with Crippen LogP contribution in [-0.2, 0) is 11.3 Å². The molecule has 0 aliphatic rings. The maximum absolute atomic E-state index is 11.9. The highest BCUT2D eigenvalue weighted by Gasteiger charge is 2.11. The summed E-state index contributed by atoms with van der Waals surface area (Å²) in [5, 5.41) is 14.5. The number of carbonyl (C=O) groups excluding carboxylic acids is 1. The highest BCUT2D eigenvalue weighted by atomic mass is 32.1. The number of aliphatic carboxylic acids is 1. The van der Waals surface area contributed by atoms with Crippen LogP contribution in [0.25, 0.3) is 10.1 Å². The van der Waals surface area contributed by atoms with Gasteiger partial charge in [-0.3, -0.25) is 4.79 Å². The Balaban J connectivity index is 1.87. The molecule has 1 aromatic carbocycles. The number of hydrogen-bond donors (Lipinski definition) is 2. The molecule has 0 aliphatic heterocycles. The first-order chi connectivity index (χ1) is 10.1. The second-order valence-electron chi connectivity index (χ2n) is 4.84. The van der Waals surface area contributed by atoms with E-state index in [0.717, 1.165) is 5.56 Å². The first kappa shape index (κ1) is 15.3. The maximum atomic E-state index is 11.9. The van der Waals surface area contributed by atoms with Gasteiger partial charge in [0.1, 0.15) is 0 Å². The van der Waals surface area contributed by atoms with E-state index in [0.29, 0.717) is 19.5 Å². The Morgan fingerprint density at radius 2 is 2.10 bits per heavy atom. The van der Waals surface area contributed by atoms with E-state index in [-0.39, 0.29) is 12.5 Å². The van der Waals surface area contributed by atoms with E-state index in [4.69, 9.17) is 5.11 Å². The van der Waals surface area contributed by atoms with Crippen molar-refractivity contribution < 1.29 is 14.7 Å². The van der Waals surface area contributed by atoms with Gasteiger partial charge in [0, 0.05) is 31.3 Å². The van der Waals surface area contributed by atoms with Crippen LogP contribution in [-0.4, -0.2) is 35.6 Å². The van der Waals surface area contributed by atoms with Crippen LogP contribution in [0.2, 0.25) is 0 Å². The monoisotopic (exact) mass is 306 g/mol. The summed E-state index contributed by atoms with van der Waals surface area (Å²) in [5.74, 6) is -0.845. The van der Waals surface area contributed by atoms with Gasteiger partial charge >= 0.3 is 12.0 Å². The number of nitrogens with zero attached hydrogens (tertiary/aromatic N) is 1. The van der Waals surface area contributed by atoms with Gasteiger partial charge < -0.3 is 15.3 Å². The summed E-state index contributed by atoms with van der Waals surface area (Å²) in [6.45, 7) is 0.911. The molecule has 0 atom stereocenters. The van der Waals surface area contributed by atoms with Crippen molar-refractivity contribution in [3.63, 3.8) is 0 Å². The lowest BCUT2D eigenvalue weighted by Gasteiger charge is -2.17. The average Bonchev–Trinajstić information content (AvgIpc) is 2.86. The number of hydrogen-bond acceptors (Lipinski definition) is 3. The second-order valence-corrected chi connectivity index (χ2v) is 5.75. The van der Waals surface area contributed by atoms with Crippen molar-refractivity contribution in [1.29, 1.82) is 0 Å². The number of benzene rings is 1. The molecule has 2 aromatic rings. The third kappa shape index (κ3) is 4.19. The molecule has 2 rings (SSSR count). The second kappa shape index (κ2) is 7.08. The predicted molar refractivity (Wildman–Crippen MR) is 83.6 cm³/mol. The Labute approximate surface area is 127 Å². The van der Waals surface area contributed by atoms with Gasteiger partial charge in [0.25, 0.3) is 0 Å². The van der Waals surface area contributed by atoms with Gasteiger partial charge in [-0.15, -0.1) is 11.3 Å². The van der Waals surface area contributed by atoms with Gasteiger partial charge in [-0.2, -0.15) is 0 Å². The minimum atomic E-state index is -0.845. The molecule has 2 N–H and O–H groups in total. The summed E-state index contributed by atoms with van der Waals surface area (Å²) in [6.07, 6.45) is 0.509. The van der Waals surface area contributed by atoms with Gasteiger partial charge in [-0.25, -0.2) is 4.79 Å². The van der Waals surface area contributed by atoms with E-state index in [1.165, 1.54) is 10.1 Å². The number of amides is 2. The van der Waals surface area contributed by atoms with Crippen LogP contribution in [0.15, 0.2) is 29.6 Å². The zero-order chi connectivity index (χ0) is 15.2. The average molecular weight is 306 g/mol. The van der Waals surface area contributed by atoms with Crippen LogP contribution in [0.4, 0.5) is 4.79 Å². The zero-order valence-electron chi connectivity index (χ0n) is 11.8. The molecule has 0 unspecified atom stereocenters. The van der Waals surface area contributed by atoms with Gasteiger partial charge in [-0.1, -0.05) is 18.2 Å². The fraction of sp³-hybridized carbons (Fsp3) is 0.333. The minimum absolute atomic E-state index is 0.0686. The summed E-state index contributed by atoms with van der Waals surface area (Å²) in [7, 11) is 1.74. The van der Waals surface area contributed by atoms with E-state index in [1.54, 1.807) is 23.3 Å². The molecule has 0 saturated heterocycles. The first-order valence-corrected chi connectivity index (χ1v) is 7.62. The molecule has 0 aliphatic carbocycles. The first-order valence-electron chi connectivity index (χ1n) is 6.74. The Hall–Kier alpha value is -2.08. The molecule has 2 amide bonds. The van der Waals surface area contributed by atoms with Crippen molar-refractivity contribution in [3.8, 4) is 0 Å². The van der Waals surface area contributed by atoms with E-state index >= 15 is 0 Å². The van der Waals surface area contributed by atoms with Crippen molar-refractivity contribution in [1.82, 2.24) is 10.2 Å². The van der Waals surface area contributed by atoms with Crippen LogP contribution in [0, 0.1) is 0 Å². The fourth-order valence-electron chi connectivity index (χ4n) is 2.05. The van der Waals surface area contributed by atoms with E-state index in [2.05, 4.69) is 22.8 Å². The van der Waals surface area contributed by atoms with E-state index in [1.807, 2.05) is 12.1 Å². The molecule has 6 heteroatoms. The van der Waals surface area contributed by atoms with Crippen molar-refractivity contribution >= 4 is 33.4 Å². The van der Waals surface area contributed by atoms with Crippen LogP contribution in [0.1, 0.15) is 18.4 Å². The molecule has 0 fully saturated rings. The smallest absolute Gasteiger partial charge is 0.317 e. The normalized spacial score (nSPS) is 10.5. The Morgan fingerprint density at radius 3 is 2.86 bits per heavy atom. The maximum Gasteiger partial charge on any atom is 0.317 e. The Kier molecular flexibility index (Phi) is 5.16. The van der Waals surface area contributed by atoms with Gasteiger partial charge in [0.2, 0.25) is 0 Å². The number of thiophene rings is 1. The molecule has 0 spiro atoms. The summed E-state index contributed by atoms with van der Waals surface area (Å²) in [4.78, 5) is 23.9. The van der Waals surface area contributed by atoms with E-state index in [9.17, 15) is 9.59 Å². The number of carboxylic acid groups (broad SMARTS) is 1. The lowest BCUT2D eigenvalue weighted by Crippen LogP contribution is -2.37. The summed E-state index contributed by atoms with van der Waals surface area (Å²) >= 11 is 1.67. The Bertz CT molecular complexity index is 639. The standard InChI is InChI=1S/C15H18N2O3S/c1-17(15(20)16-8-4-7-14(18)19)9-11-10-21-13-6-3-2-5-12(11)13/h2-3,5-6,10H,4,7-9H2,1H3,(H,16,20)(H,18,19). The molecular weight excluding hydrogens is 288 g/mol. The predicted octanol–water partition coefficient (Wildman–Crippen LogP) is 2.91. The SMILES string of the molecule is CN(Cc1csc2ccccc12)C(=O)NCCCC(=O)O. The fourth-order valence-corrected chi connectivity index (χ4v) is 3.01. The number of carboxylic acids is 1. The molecule has 0 saturated carbocycles. The molecule has 1 heterocycles. The number of nitrogens with one attached hydrogen (secondary N) is 1. The molecule has 21 heavy (non-hydrogen) atoms. The highest BCUT2D eigenvalue weighted by Crippen LogP contribution is 2.26. The summed E-state index contributed by atoms with van der Waals surface area (Å²) in [5.41, 5.74) is 1.12. The number of carbonyl (C=O) groups is 2. The molecule has 0 radical (unpaired) electrons. The van der Waals surface area contributed by atoms with Crippen molar-refractivity contribution in [2.24, 2.45) is 0 Å². The van der Waals surface area contributed by atoms with Crippen LogP contribution >= 0.6 is 11.3 Å². The van der Waals surface area contributed by atoms with Gasteiger partial charge in [0.15, 0.2) is 0 Å². The lowest BCUT2D eigenvalue weighted by atomic mass is 10.2. The highest BCUT2D eigenvalue weighted by molar-refractivity contribution is 7.17. The number of urea groups is 1. The van der Waals surface area contributed by atoms with Crippen molar-refractivity contribution in [2.75, 3.05) is 13.6 Å². The summed E-state index contributed by atoms with van der Waals surface area (Å²) in [6, 6.07) is 7.93. The van der Waals surface area contributed by atoms with Crippen LogP contribution < -0.4 is 5.32 Å². The third-order valence-corrected chi connectivity index (χ3v) is 4.17. The van der Waals surface area contributed by atoms with Crippen molar-refractivity contribution in [2.45, 2.75) is 19.4 Å². The zero-order valence-corrected chi connectivity index (χ0v) is 12.7. The van der Waals surface area contributed by atoms with Crippen LogP contribution in [0.5, 0.6) is 0 Å². The third-order valence-electron chi connectivity index (χ3n) is 3.16. The number of fused-ring (bicyclic) bond motifs is 1. The lowest BCUT2D eigenvalue weighted by molar-refractivity contribution is -0.137. The van der Waals surface area contributed by atoms with E-state index < -0.39 is 5.97 Å². The Morgan fingerprint density at radius 1 is 1.33 bits per heavy atom.